The van der Waals surface area contributed by atoms with Crippen molar-refractivity contribution >= 4 is 50.6 Å². The molecule has 35 heavy (non-hydrogen) atoms. The van der Waals surface area contributed by atoms with Gasteiger partial charge in [-0.3, -0.25) is 9.79 Å². The molecule has 1 aromatic heterocycles. The molecule has 0 radical (unpaired) electrons. The van der Waals surface area contributed by atoms with Crippen LogP contribution in [0.1, 0.15) is 37.1 Å². The van der Waals surface area contributed by atoms with Crippen molar-refractivity contribution in [2.45, 2.75) is 33.1 Å². The molecule has 0 saturated heterocycles. The number of amides is 1. The summed E-state index contributed by atoms with van der Waals surface area (Å²) in [5.74, 6) is 0.621. The summed E-state index contributed by atoms with van der Waals surface area (Å²) in [5, 5.41) is 14.7. The van der Waals surface area contributed by atoms with Crippen molar-refractivity contribution in [1.82, 2.24) is 9.97 Å². The fourth-order valence-electron chi connectivity index (χ4n) is 3.58. The number of rotatable bonds is 10. The van der Waals surface area contributed by atoms with Gasteiger partial charge in [0, 0.05) is 29.8 Å². The minimum Gasteiger partial charge on any atom is -0.495 e. The molecule has 3 aromatic rings. The summed E-state index contributed by atoms with van der Waals surface area (Å²) in [5.41, 5.74) is 4.47. The number of nitrogens with zero attached hydrogens (tertiary/aromatic N) is 3. The molecule has 0 aliphatic carbocycles. The maximum absolute atomic E-state index is 13.1. The van der Waals surface area contributed by atoms with Gasteiger partial charge >= 0.3 is 0 Å². The van der Waals surface area contributed by atoms with Gasteiger partial charge in [-0.05, 0) is 48.2 Å². The first-order valence-electron chi connectivity index (χ1n) is 11.3. The van der Waals surface area contributed by atoms with Gasteiger partial charge in [-0.2, -0.15) is 0 Å². The van der Waals surface area contributed by atoms with Gasteiger partial charge in [-0.25, -0.2) is 9.97 Å². The minimum absolute atomic E-state index is 0.0378. The molecule has 0 saturated carbocycles. The molecule has 0 bridgehead atoms. The third kappa shape index (κ3) is 6.51. The van der Waals surface area contributed by atoms with Gasteiger partial charge in [0.15, 0.2) is 0 Å². The number of aryl methyl sites for hydroxylation is 2. The fourth-order valence-corrected chi connectivity index (χ4v) is 3.92. The van der Waals surface area contributed by atoms with E-state index in [2.05, 4.69) is 55.4 Å². The minimum atomic E-state index is -0.320. The predicted molar refractivity (Wildman–Crippen MR) is 145 cm³/mol. The third-order valence-electron chi connectivity index (χ3n) is 5.49. The Balaban J connectivity index is 1.75. The SMILES string of the molecule is CCc1cccc(CC)c1NC(=O)C(CC(=N)c1ccnc(Nc2ccc(Br)cc2OC)n1)=NC. The van der Waals surface area contributed by atoms with Crippen LogP contribution in [0, 0.1) is 5.41 Å². The van der Waals surface area contributed by atoms with Gasteiger partial charge in [0.25, 0.3) is 5.91 Å². The van der Waals surface area contributed by atoms with Crippen LogP contribution in [0.15, 0.2) is 58.1 Å². The standard InChI is InChI=1S/C26H29BrN6O2/c1-5-16-8-7-9-17(6-2)24(16)33-25(34)22(29-3)15-19(28)20-12-13-30-26(31-20)32-21-11-10-18(27)14-23(21)35-4/h7-14,28H,5-6,15H2,1-4H3,(H,33,34)(H,30,31,32). The molecule has 1 amide bonds. The maximum atomic E-state index is 13.1. The smallest absolute Gasteiger partial charge is 0.269 e. The molecule has 0 spiro atoms. The Morgan fingerprint density at radius 1 is 1.14 bits per heavy atom. The largest absolute Gasteiger partial charge is 0.495 e. The van der Waals surface area contributed by atoms with Crippen LogP contribution in [-0.4, -0.2) is 41.5 Å². The molecule has 8 nitrogen and oxygen atoms in total. The van der Waals surface area contributed by atoms with Crippen LogP contribution in [0.25, 0.3) is 0 Å². The summed E-state index contributed by atoms with van der Waals surface area (Å²) < 4.78 is 6.28. The average molecular weight is 537 g/mol. The van der Waals surface area contributed by atoms with E-state index < -0.39 is 0 Å². The lowest BCUT2D eigenvalue weighted by Crippen LogP contribution is -2.27. The molecule has 0 unspecified atom stereocenters. The van der Waals surface area contributed by atoms with E-state index >= 15 is 0 Å². The van der Waals surface area contributed by atoms with Crippen molar-refractivity contribution in [2.24, 2.45) is 4.99 Å². The van der Waals surface area contributed by atoms with E-state index in [1.54, 1.807) is 26.4 Å². The van der Waals surface area contributed by atoms with Gasteiger partial charge in [-0.15, -0.1) is 0 Å². The lowest BCUT2D eigenvalue weighted by atomic mass is 10.0. The second-order valence-corrected chi connectivity index (χ2v) is 8.59. The van der Waals surface area contributed by atoms with Crippen LogP contribution in [-0.2, 0) is 17.6 Å². The molecule has 1 heterocycles. The molecule has 3 N–H and O–H groups in total. The molecule has 0 fully saturated rings. The number of hydrogen-bond donors (Lipinski definition) is 3. The third-order valence-corrected chi connectivity index (χ3v) is 5.98. The Morgan fingerprint density at radius 3 is 2.49 bits per heavy atom. The predicted octanol–water partition coefficient (Wildman–Crippen LogP) is 5.58. The second kappa shape index (κ2) is 12.2. The van der Waals surface area contributed by atoms with Crippen LogP contribution >= 0.6 is 15.9 Å². The number of carbonyl (C=O) groups is 1. The molecular formula is C26H29BrN6O2. The van der Waals surface area contributed by atoms with Crippen LogP contribution in [0.4, 0.5) is 17.3 Å². The van der Waals surface area contributed by atoms with E-state index in [9.17, 15) is 4.79 Å². The van der Waals surface area contributed by atoms with E-state index in [4.69, 9.17) is 10.1 Å². The normalized spacial score (nSPS) is 11.2. The van der Waals surface area contributed by atoms with Crippen molar-refractivity contribution in [3.05, 3.63) is 70.0 Å². The van der Waals surface area contributed by atoms with Gasteiger partial charge in [-0.1, -0.05) is 48.0 Å². The lowest BCUT2D eigenvalue weighted by molar-refractivity contribution is -0.110. The van der Waals surface area contributed by atoms with E-state index in [-0.39, 0.29) is 23.8 Å². The first-order valence-corrected chi connectivity index (χ1v) is 12.1. The number of para-hydroxylation sites is 1. The summed E-state index contributed by atoms with van der Waals surface area (Å²) in [4.78, 5) is 25.9. The van der Waals surface area contributed by atoms with Crippen molar-refractivity contribution in [1.29, 1.82) is 5.41 Å². The van der Waals surface area contributed by atoms with Crippen molar-refractivity contribution in [3.63, 3.8) is 0 Å². The van der Waals surface area contributed by atoms with Gasteiger partial charge in [0.2, 0.25) is 5.95 Å². The zero-order valence-corrected chi connectivity index (χ0v) is 21.9. The fraction of sp³-hybridized carbons (Fsp3) is 0.269. The monoisotopic (exact) mass is 536 g/mol. The van der Waals surface area contributed by atoms with Gasteiger partial charge < -0.3 is 20.8 Å². The van der Waals surface area contributed by atoms with Crippen LogP contribution in [0.2, 0.25) is 0 Å². The molecule has 0 aliphatic heterocycles. The van der Waals surface area contributed by atoms with Crippen molar-refractivity contribution in [3.8, 4) is 5.75 Å². The first kappa shape index (κ1) is 26.0. The number of aromatic nitrogens is 2. The molecule has 182 valence electrons. The Labute approximate surface area is 213 Å². The van der Waals surface area contributed by atoms with Gasteiger partial charge in [0.05, 0.1) is 24.2 Å². The molecular weight excluding hydrogens is 508 g/mol. The van der Waals surface area contributed by atoms with E-state index in [1.165, 1.54) is 0 Å². The number of ether oxygens (including phenoxy) is 1. The van der Waals surface area contributed by atoms with E-state index in [0.717, 1.165) is 34.1 Å². The molecule has 0 aliphatic rings. The lowest BCUT2D eigenvalue weighted by Gasteiger charge is -2.15. The summed E-state index contributed by atoms with van der Waals surface area (Å²) in [6.45, 7) is 4.11. The molecule has 3 rings (SSSR count). The zero-order chi connectivity index (χ0) is 25.4. The summed E-state index contributed by atoms with van der Waals surface area (Å²) in [7, 11) is 3.14. The quantitative estimate of drug-likeness (QED) is 0.292. The van der Waals surface area contributed by atoms with Crippen molar-refractivity contribution in [2.75, 3.05) is 24.8 Å². The summed E-state index contributed by atoms with van der Waals surface area (Å²) >= 11 is 3.42. The summed E-state index contributed by atoms with van der Waals surface area (Å²) in [6, 6.07) is 13.2. The number of methoxy groups -OCH3 is 1. The number of nitrogens with one attached hydrogen (secondary N) is 3. The highest BCUT2D eigenvalue weighted by Crippen LogP contribution is 2.29. The van der Waals surface area contributed by atoms with E-state index in [0.29, 0.717) is 23.1 Å². The number of aliphatic imine (C=N–C) groups is 1. The Morgan fingerprint density at radius 2 is 1.86 bits per heavy atom. The maximum Gasteiger partial charge on any atom is 0.269 e. The number of carbonyl (C=O) groups excluding carboxylic acids is 1. The Kier molecular flexibility index (Phi) is 9.08. The number of halogens is 1. The highest BCUT2D eigenvalue weighted by atomic mass is 79.9. The zero-order valence-electron chi connectivity index (χ0n) is 20.3. The van der Waals surface area contributed by atoms with Crippen molar-refractivity contribution < 1.29 is 9.53 Å². The van der Waals surface area contributed by atoms with Crippen LogP contribution in [0.5, 0.6) is 5.75 Å². The Hall–Kier alpha value is -3.59. The topological polar surface area (TPSA) is 112 Å². The number of benzene rings is 2. The van der Waals surface area contributed by atoms with Gasteiger partial charge in [0.1, 0.15) is 11.5 Å². The van der Waals surface area contributed by atoms with Crippen LogP contribution in [0.3, 0.4) is 0 Å². The number of hydrogen-bond acceptors (Lipinski definition) is 7. The molecule has 0 atom stereocenters. The second-order valence-electron chi connectivity index (χ2n) is 7.67. The number of anilines is 3. The molecule has 9 heteroatoms. The van der Waals surface area contributed by atoms with Crippen LogP contribution < -0.4 is 15.4 Å². The average Bonchev–Trinajstić information content (AvgIpc) is 2.88. The summed E-state index contributed by atoms with van der Waals surface area (Å²) in [6.07, 6.45) is 3.21. The first-order chi connectivity index (χ1) is 16.9. The highest BCUT2D eigenvalue weighted by Gasteiger charge is 2.18. The highest BCUT2D eigenvalue weighted by molar-refractivity contribution is 9.10. The van der Waals surface area contributed by atoms with E-state index in [1.807, 2.05) is 36.4 Å². The molecule has 2 aromatic carbocycles. The Bertz CT molecular complexity index is 1240.